The fourth-order valence-corrected chi connectivity index (χ4v) is 3.86. The summed E-state index contributed by atoms with van der Waals surface area (Å²) in [5.41, 5.74) is 5.21. The largest absolute Gasteiger partial charge is 0.454 e. The number of pyridine rings is 1. The molecule has 0 radical (unpaired) electrons. The van der Waals surface area contributed by atoms with Crippen LogP contribution in [0.1, 0.15) is 50.3 Å². The van der Waals surface area contributed by atoms with E-state index in [1.165, 1.54) is 0 Å². The monoisotopic (exact) mass is 408 g/mol. The molecule has 6 heteroatoms. The highest BCUT2D eigenvalue weighted by atomic mass is 16.5. The fraction of sp³-hybridized carbons (Fsp3) is 0.375. The molecule has 0 saturated heterocycles. The molecular weight excluding hydrogens is 380 g/mol. The van der Waals surface area contributed by atoms with E-state index < -0.39 is 5.97 Å². The van der Waals surface area contributed by atoms with Crippen molar-refractivity contribution >= 4 is 22.7 Å². The summed E-state index contributed by atoms with van der Waals surface area (Å²) in [5, 5.41) is 0.912. The van der Waals surface area contributed by atoms with Gasteiger partial charge in [0.25, 0.3) is 0 Å². The van der Waals surface area contributed by atoms with Crippen LogP contribution in [0.5, 0.6) is 0 Å². The zero-order chi connectivity index (χ0) is 21.8. The summed E-state index contributed by atoms with van der Waals surface area (Å²) in [6, 6.07) is 9.55. The summed E-state index contributed by atoms with van der Waals surface area (Å²) in [6.07, 6.45) is 0.602. The van der Waals surface area contributed by atoms with E-state index >= 15 is 0 Å². The Kier molecular flexibility index (Phi) is 6.67. The van der Waals surface area contributed by atoms with Crippen molar-refractivity contribution in [3.8, 4) is 0 Å². The molecule has 0 aliphatic carbocycles. The number of methoxy groups -OCH3 is 1. The molecule has 0 amide bonds. The van der Waals surface area contributed by atoms with Gasteiger partial charge in [-0.25, -0.2) is 4.79 Å². The van der Waals surface area contributed by atoms with Crippen LogP contribution in [0.4, 0.5) is 0 Å². The molecule has 6 nitrogen and oxygen atoms in total. The van der Waals surface area contributed by atoms with Crippen LogP contribution in [-0.4, -0.2) is 41.6 Å². The Hall–Kier alpha value is -2.99. The molecule has 0 aliphatic heterocycles. The number of rotatable bonds is 8. The Labute approximate surface area is 176 Å². The van der Waals surface area contributed by atoms with Crippen LogP contribution in [0.25, 0.3) is 10.9 Å². The van der Waals surface area contributed by atoms with Crippen molar-refractivity contribution in [2.24, 2.45) is 0 Å². The Morgan fingerprint density at radius 1 is 1.13 bits per heavy atom. The second-order valence-corrected chi connectivity index (χ2v) is 7.36. The van der Waals surface area contributed by atoms with E-state index in [0.29, 0.717) is 36.4 Å². The minimum atomic E-state index is -0.510. The number of esters is 1. The minimum Gasteiger partial charge on any atom is -0.454 e. The zero-order valence-electron chi connectivity index (χ0n) is 18.2. The molecule has 3 rings (SSSR count). The van der Waals surface area contributed by atoms with Gasteiger partial charge < -0.3 is 14.0 Å². The molecule has 2 aromatic heterocycles. The van der Waals surface area contributed by atoms with E-state index in [1.54, 1.807) is 7.11 Å². The van der Waals surface area contributed by atoms with Gasteiger partial charge in [-0.3, -0.25) is 9.78 Å². The second-order valence-electron chi connectivity index (χ2n) is 7.36. The van der Waals surface area contributed by atoms with E-state index in [-0.39, 0.29) is 12.4 Å². The van der Waals surface area contributed by atoms with Gasteiger partial charge in [-0.15, -0.1) is 0 Å². The second kappa shape index (κ2) is 9.22. The molecule has 2 heterocycles. The number of para-hydroxylation sites is 1. The molecule has 0 N–H and O–H groups in total. The number of ketones is 1. The number of aromatic nitrogens is 2. The Morgan fingerprint density at radius 3 is 2.57 bits per heavy atom. The lowest BCUT2D eigenvalue weighted by Crippen LogP contribution is -2.18. The summed E-state index contributed by atoms with van der Waals surface area (Å²) >= 11 is 0. The molecule has 30 heavy (non-hydrogen) atoms. The number of hydrogen-bond acceptors (Lipinski definition) is 5. The fourth-order valence-electron chi connectivity index (χ4n) is 3.86. The summed E-state index contributed by atoms with van der Waals surface area (Å²) in [6.45, 7) is 8.62. The van der Waals surface area contributed by atoms with Gasteiger partial charge in [0.2, 0.25) is 5.78 Å². The third kappa shape index (κ3) is 4.14. The molecule has 3 aromatic rings. The average molecular weight is 408 g/mol. The van der Waals surface area contributed by atoms with Crippen LogP contribution in [0.2, 0.25) is 0 Å². The molecule has 0 aliphatic rings. The van der Waals surface area contributed by atoms with E-state index in [4.69, 9.17) is 9.47 Å². The van der Waals surface area contributed by atoms with Crippen LogP contribution in [0.3, 0.4) is 0 Å². The van der Waals surface area contributed by atoms with E-state index in [1.807, 2.05) is 62.6 Å². The number of nitrogens with zero attached hydrogens (tertiary/aromatic N) is 2. The van der Waals surface area contributed by atoms with Crippen molar-refractivity contribution in [3.05, 3.63) is 64.1 Å². The molecule has 0 unspecified atom stereocenters. The van der Waals surface area contributed by atoms with Crippen molar-refractivity contribution in [3.63, 3.8) is 0 Å². The molecule has 0 bridgehead atoms. The Balaban J connectivity index is 1.81. The number of carbonyl (C=O) groups is 2. The smallest absolute Gasteiger partial charge is 0.340 e. The molecular formula is C24H28N2O4. The first-order valence-electron chi connectivity index (χ1n) is 10.1. The van der Waals surface area contributed by atoms with Gasteiger partial charge in [-0.05, 0) is 44.9 Å². The van der Waals surface area contributed by atoms with Gasteiger partial charge in [-0.1, -0.05) is 25.1 Å². The zero-order valence-corrected chi connectivity index (χ0v) is 18.2. The maximum absolute atomic E-state index is 12.9. The average Bonchev–Trinajstić information content (AvgIpc) is 3.03. The Bertz CT molecular complexity index is 1100. The van der Waals surface area contributed by atoms with Crippen LogP contribution in [-0.2, 0) is 22.4 Å². The quantitative estimate of drug-likeness (QED) is 0.412. The highest BCUT2D eigenvalue weighted by Gasteiger charge is 2.22. The first kappa shape index (κ1) is 21.7. The SMILES string of the molecule is CCc1nc2ccccc2c(C)c1C(=O)OCC(=O)c1cc(C)n(CCOC)c1C. The first-order valence-corrected chi connectivity index (χ1v) is 10.1. The number of Topliss-reactive ketones (excluding diaryl/α,β-unsaturated/α-hetero) is 1. The molecule has 1 aromatic carbocycles. The highest BCUT2D eigenvalue weighted by molar-refractivity contribution is 6.02. The van der Waals surface area contributed by atoms with Gasteiger partial charge in [0.1, 0.15) is 0 Å². The summed E-state index contributed by atoms with van der Waals surface area (Å²) < 4.78 is 12.6. The first-order chi connectivity index (χ1) is 14.4. The van der Waals surface area contributed by atoms with Gasteiger partial charge in [0.15, 0.2) is 6.61 Å². The van der Waals surface area contributed by atoms with E-state index in [2.05, 4.69) is 4.98 Å². The third-order valence-electron chi connectivity index (χ3n) is 5.49. The maximum Gasteiger partial charge on any atom is 0.340 e. The number of aryl methyl sites for hydroxylation is 3. The number of hydrogen-bond donors (Lipinski definition) is 0. The van der Waals surface area contributed by atoms with Crippen molar-refractivity contribution in [1.29, 1.82) is 0 Å². The number of ether oxygens (including phenoxy) is 2. The maximum atomic E-state index is 12.9. The molecule has 0 spiro atoms. The molecule has 0 fully saturated rings. The lowest BCUT2D eigenvalue weighted by molar-refractivity contribution is 0.0472. The van der Waals surface area contributed by atoms with Crippen LogP contribution in [0, 0.1) is 20.8 Å². The predicted molar refractivity (Wildman–Crippen MR) is 116 cm³/mol. The third-order valence-corrected chi connectivity index (χ3v) is 5.49. The number of benzene rings is 1. The van der Waals surface area contributed by atoms with E-state index in [0.717, 1.165) is 27.9 Å². The van der Waals surface area contributed by atoms with Crippen molar-refractivity contribution in [1.82, 2.24) is 9.55 Å². The van der Waals surface area contributed by atoms with Gasteiger partial charge >= 0.3 is 5.97 Å². The summed E-state index contributed by atoms with van der Waals surface area (Å²) in [7, 11) is 1.65. The molecule has 158 valence electrons. The normalized spacial score (nSPS) is 11.1. The number of fused-ring (bicyclic) bond motifs is 1. The van der Waals surface area contributed by atoms with Crippen LogP contribution < -0.4 is 0 Å². The van der Waals surface area contributed by atoms with Crippen LogP contribution >= 0.6 is 0 Å². The summed E-state index contributed by atoms with van der Waals surface area (Å²) in [5.74, 6) is -0.728. The number of carbonyl (C=O) groups excluding carboxylic acids is 2. The molecule has 0 atom stereocenters. The lowest BCUT2D eigenvalue weighted by Gasteiger charge is -2.13. The standard InChI is InChI=1S/C24H28N2O4/c1-6-20-23(16(3)18-9-7-8-10-21(18)25-20)24(28)30-14-22(27)19-13-15(2)26(17(19)4)11-12-29-5/h7-10,13H,6,11-12,14H2,1-5H3. The minimum absolute atomic E-state index is 0.218. The van der Waals surface area contributed by atoms with Crippen molar-refractivity contribution in [2.75, 3.05) is 20.3 Å². The lowest BCUT2D eigenvalue weighted by atomic mass is 10.0. The van der Waals surface area contributed by atoms with Gasteiger partial charge in [0, 0.05) is 36.0 Å². The predicted octanol–water partition coefficient (Wildman–Crippen LogP) is 4.21. The van der Waals surface area contributed by atoms with Crippen molar-refractivity contribution < 1.29 is 19.1 Å². The van der Waals surface area contributed by atoms with Crippen LogP contribution in [0.15, 0.2) is 30.3 Å². The highest BCUT2D eigenvalue weighted by Crippen LogP contribution is 2.24. The van der Waals surface area contributed by atoms with Crippen molar-refractivity contribution in [2.45, 2.75) is 40.7 Å². The summed E-state index contributed by atoms with van der Waals surface area (Å²) in [4.78, 5) is 30.3. The Morgan fingerprint density at radius 2 is 1.87 bits per heavy atom. The molecule has 0 saturated carbocycles. The van der Waals surface area contributed by atoms with E-state index in [9.17, 15) is 9.59 Å². The van der Waals surface area contributed by atoms with Gasteiger partial charge in [0.05, 0.1) is 23.4 Å². The topological polar surface area (TPSA) is 70.4 Å². The van der Waals surface area contributed by atoms with Gasteiger partial charge in [-0.2, -0.15) is 0 Å².